The number of hydrogen-bond donors (Lipinski definition) is 1. The summed E-state index contributed by atoms with van der Waals surface area (Å²) in [5, 5.41) is 3.11. The van der Waals surface area contributed by atoms with Crippen LogP contribution in [-0.4, -0.2) is 17.0 Å². The molecule has 0 atom stereocenters. The van der Waals surface area contributed by atoms with Crippen LogP contribution in [0.15, 0.2) is 47.1 Å². The number of amides is 1. The Bertz CT molecular complexity index is 658. The van der Waals surface area contributed by atoms with Gasteiger partial charge in [0.05, 0.1) is 0 Å². The smallest absolute Gasteiger partial charge is 0.267 e. The Balaban J connectivity index is 1.73. The molecule has 0 radical (unpaired) electrons. The summed E-state index contributed by atoms with van der Waals surface area (Å²) in [6.07, 6.45) is 5.39. The van der Waals surface area contributed by atoms with Gasteiger partial charge in [0.2, 0.25) is 0 Å². The van der Waals surface area contributed by atoms with Gasteiger partial charge in [-0.05, 0) is 42.7 Å². The van der Waals surface area contributed by atoms with Crippen molar-refractivity contribution in [2.24, 2.45) is 7.05 Å². The number of nitrogens with one attached hydrogen (secondary N) is 1. The maximum atomic E-state index is 12.3. The molecule has 0 unspecified atom stereocenters. The van der Waals surface area contributed by atoms with Crippen LogP contribution in [0.5, 0.6) is 0 Å². The summed E-state index contributed by atoms with van der Waals surface area (Å²) in [5.41, 5.74) is 2.12. The van der Waals surface area contributed by atoms with E-state index < -0.39 is 0 Å². The fraction of sp³-hybridized carbons (Fsp3) is 0.353. The number of carbonyl (C=O) groups excluding carboxylic acids is 1. The SMILES string of the molecule is Cn1cccc1C(=O)NCC1(c2cccc(Br)c2)CCC1. The first-order chi connectivity index (χ1) is 10.1. The van der Waals surface area contributed by atoms with Gasteiger partial charge in [-0.2, -0.15) is 0 Å². The van der Waals surface area contributed by atoms with Crippen LogP contribution in [-0.2, 0) is 12.5 Å². The highest BCUT2D eigenvalue weighted by molar-refractivity contribution is 9.10. The average molecular weight is 347 g/mol. The Kier molecular flexibility index (Phi) is 3.89. The van der Waals surface area contributed by atoms with E-state index in [1.54, 1.807) is 0 Å². The van der Waals surface area contributed by atoms with Crippen molar-refractivity contribution in [1.29, 1.82) is 0 Å². The van der Waals surface area contributed by atoms with E-state index in [2.05, 4.69) is 39.4 Å². The van der Waals surface area contributed by atoms with E-state index in [1.165, 1.54) is 12.0 Å². The molecular weight excluding hydrogens is 328 g/mol. The van der Waals surface area contributed by atoms with Crippen LogP contribution in [0, 0.1) is 0 Å². The first-order valence-corrected chi connectivity index (χ1v) is 8.06. The maximum absolute atomic E-state index is 12.3. The highest BCUT2D eigenvalue weighted by Crippen LogP contribution is 2.43. The molecule has 1 N–H and O–H groups in total. The molecule has 0 bridgehead atoms. The minimum absolute atomic E-state index is 0.00349. The molecule has 1 aromatic carbocycles. The molecule has 2 aromatic rings. The Labute approximate surface area is 133 Å². The van der Waals surface area contributed by atoms with Gasteiger partial charge in [0.25, 0.3) is 5.91 Å². The topological polar surface area (TPSA) is 34.0 Å². The standard InChI is InChI=1S/C17H19BrN2O/c1-20-10-3-7-15(20)16(21)19-12-17(8-4-9-17)13-5-2-6-14(18)11-13/h2-3,5-7,10-11H,4,8-9,12H2,1H3,(H,19,21). The summed E-state index contributed by atoms with van der Waals surface area (Å²) in [5.74, 6) is 0.00349. The van der Waals surface area contributed by atoms with E-state index in [9.17, 15) is 4.79 Å². The Hall–Kier alpha value is -1.55. The minimum atomic E-state index is 0.00349. The van der Waals surface area contributed by atoms with E-state index in [4.69, 9.17) is 0 Å². The van der Waals surface area contributed by atoms with Crippen LogP contribution in [0.2, 0.25) is 0 Å². The second kappa shape index (κ2) is 5.68. The summed E-state index contributed by atoms with van der Waals surface area (Å²) in [6.45, 7) is 0.702. The first-order valence-electron chi connectivity index (χ1n) is 7.26. The number of benzene rings is 1. The van der Waals surface area contributed by atoms with Gasteiger partial charge in [-0.1, -0.05) is 34.5 Å². The molecule has 1 heterocycles. The largest absolute Gasteiger partial charge is 0.350 e. The molecule has 1 fully saturated rings. The second-order valence-corrected chi connectivity index (χ2v) is 6.75. The number of halogens is 1. The molecule has 1 aliphatic carbocycles. The van der Waals surface area contributed by atoms with Gasteiger partial charge in [0, 0.05) is 29.7 Å². The van der Waals surface area contributed by atoms with Gasteiger partial charge >= 0.3 is 0 Å². The number of carbonyl (C=O) groups is 1. The van der Waals surface area contributed by atoms with Crippen molar-refractivity contribution in [3.05, 3.63) is 58.3 Å². The van der Waals surface area contributed by atoms with Crippen LogP contribution in [0.1, 0.15) is 35.3 Å². The molecule has 0 saturated heterocycles. The monoisotopic (exact) mass is 346 g/mol. The first kappa shape index (κ1) is 14.4. The summed E-state index contributed by atoms with van der Waals surface area (Å²) >= 11 is 3.54. The van der Waals surface area contributed by atoms with Crippen LogP contribution in [0.25, 0.3) is 0 Å². The number of nitrogens with zero attached hydrogens (tertiary/aromatic N) is 1. The predicted octanol–water partition coefficient (Wildman–Crippen LogP) is 3.64. The third-order valence-corrected chi connectivity index (χ3v) is 5.00. The van der Waals surface area contributed by atoms with Gasteiger partial charge in [-0.15, -0.1) is 0 Å². The van der Waals surface area contributed by atoms with Crippen molar-refractivity contribution in [2.45, 2.75) is 24.7 Å². The van der Waals surface area contributed by atoms with Gasteiger partial charge in [0.15, 0.2) is 0 Å². The number of aromatic nitrogens is 1. The molecule has 1 saturated carbocycles. The lowest BCUT2D eigenvalue weighted by atomic mass is 9.64. The quantitative estimate of drug-likeness (QED) is 0.900. The minimum Gasteiger partial charge on any atom is -0.350 e. The van der Waals surface area contributed by atoms with Crippen LogP contribution in [0.3, 0.4) is 0 Å². The summed E-state index contributed by atoms with van der Waals surface area (Å²) < 4.78 is 2.95. The summed E-state index contributed by atoms with van der Waals surface area (Å²) in [4.78, 5) is 12.3. The Morgan fingerprint density at radius 2 is 2.14 bits per heavy atom. The molecule has 1 aromatic heterocycles. The van der Waals surface area contributed by atoms with Gasteiger partial charge in [-0.25, -0.2) is 0 Å². The van der Waals surface area contributed by atoms with Crippen molar-refractivity contribution in [3.63, 3.8) is 0 Å². The molecule has 3 rings (SSSR count). The Morgan fingerprint density at radius 1 is 1.33 bits per heavy atom. The molecule has 1 aliphatic rings. The number of rotatable bonds is 4. The molecule has 0 aliphatic heterocycles. The third-order valence-electron chi connectivity index (χ3n) is 4.51. The highest BCUT2D eigenvalue weighted by Gasteiger charge is 2.39. The maximum Gasteiger partial charge on any atom is 0.267 e. The highest BCUT2D eigenvalue weighted by atomic mass is 79.9. The third kappa shape index (κ3) is 2.77. The lowest BCUT2D eigenvalue weighted by Gasteiger charge is -2.42. The average Bonchev–Trinajstić information content (AvgIpc) is 2.84. The van der Waals surface area contributed by atoms with Gasteiger partial charge in [0.1, 0.15) is 5.69 Å². The normalized spacial score (nSPS) is 16.3. The molecule has 0 spiro atoms. The van der Waals surface area contributed by atoms with Crippen molar-refractivity contribution in [1.82, 2.24) is 9.88 Å². The van der Waals surface area contributed by atoms with Crippen molar-refractivity contribution in [3.8, 4) is 0 Å². The number of aryl methyl sites for hydroxylation is 1. The molecule has 3 nitrogen and oxygen atoms in total. The van der Waals surface area contributed by atoms with Crippen LogP contribution < -0.4 is 5.32 Å². The number of hydrogen-bond acceptors (Lipinski definition) is 1. The summed E-state index contributed by atoms with van der Waals surface area (Å²) in [6, 6.07) is 12.2. The van der Waals surface area contributed by atoms with E-state index in [0.29, 0.717) is 12.2 Å². The van der Waals surface area contributed by atoms with Gasteiger partial charge in [-0.3, -0.25) is 4.79 Å². The van der Waals surface area contributed by atoms with Crippen molar-refractivity contribution in [2.75, 3.05) is 6.54 Å². The van der Waals surface area contributed by atoms with Crippen molar-refractivity contribution >= 4 is 21.8 Å². The second-order valence-electron chi connectivity index (χ2n) is 5.83. The fourth-order valence-corrected chi connectivity index (χ4v) is 3.43. The fourth-order valence-electron chi connectivity index (χ4n) is 3.03. The van der Waals surface area contributed by atoms with E-state index in [-0.39, 0.29) is 11.3 Å². The predicted molar refractivity (Wildman–Crippen MR) is 87.4 cm³/mol. The zero-order valence-corrected chi connectivity index (χ0v) is 13.7. The Morgan fingerprint density at radius 3 is 2.71 bits per heavy atom. The molecular formula is C17H19BrN2O. The van der Waals surface area contributed by atoms with E-state index >= 15 is 0 Å². The van der Waals surface area contributed by atoms with Crippen molar-refractivity contribution < 1.29 is 4.79 Å². The van der Waals surface area contributed by atoms with Crippen LogP contribution in [0.4, 0.5) is 0 Å². The van der Waals surface area contributed by atoms with Gasteiger partial charge < -0.3 is 9.88 Å². The lowest BCUT2D eigenvalue weighted by molar-refractivity contribution is 0.0919. The zero-order chi connectivity index (χ0) is 14.9. The lowest BCUT2D eigenvalue weighted by Crippen LogP contribution is -2.45. The van der Waals surface area contributed by atoms with E-state index in [1.807, 2.05) is 36.0 Å². The zero-order valence-electron chi connectivity index (χ0n) is 12.1. The molecule has 110 valence electrons. The molecule has 4 heteroatoms. The summed E-state index contributed by atoms with van der Waals surface area (Å²) in [7, 11) is 1.89. The molecule has 21 heavy (non-hydrogen) atoms. The van der Waals surface area contributed by atoms with Crippen LogP contribution >= 0.6 is 15.9 Å². The van der Waals surface area contributed by atoms with E-state index in [0.717, 1.165) is 17.3 Å². The molecule has 1 amide bonds.